The number of nitrogens with one attached hydrogen (secondary N) is 1. The highest BCUT2D eigenvalue weighted by Crippen LogP contribution is 2.21. The molecule has 3 heterocycles. The standard InChI is InChI=1S/C20H23N5O/c21-12-18-4-2-9-25(18)20(26)14-24-10-7-17(13-24)23-16-6-5-15-3-1-8-22-19(15)11-16/h1,3,5-6,8,11,17-18,23H,2,4,7,9-10,13-14H2/t17-,18+/m1/s1. The lowest BCUT2D eigenvalue weighted by atomic mass is 10.2. The Morgan fingerprint density at radius 3 is 3.12 bits per heavy atom. The van der Waals surface area contributed by atoms with E-state index in [9.17, 15) is 4.79 Å². The summed E-state index contributed by atoms with van der Waals surface area (Å²) in [5.74, 6) is 0.0876. The molecule has 0 saturated carbocycles. The number of rotatable bonds is 4. The minimum absolute atomic E-state index is 0.0876. The number of hydrogen-bond acceptors (Lipinski definition) is 5. The van der Waals surface area contributed by atoms with Gasteiger partial charge in [-0.3, -0.25) is 14.7 Å². The molecule has 26 heavy (non-hydrogen) atoms. The molecule has 2 aliphatic rings. The summed E-state index contributed by atoms with van der Waals surface area (Å²) in [6.07, 6.45) is 4.56. The third-order valence-corrected chi connectivity index (χ3v) is 5.33. The highest BCUT2D eigenvalue weighted by atomic mass is 16.2. The zero-order valence-corrected chi connectivity index (χ0v) is 14.8. The third-order valence-electron chi connectivity index (χ3n) is 5.33. The molecule has 4 rings (SSSR count). The molecule has 2 saturated heterocycles. The number of anilines is 1. The van der Waals surface area contributed by atoms with Crippen molar-refractivity contribution in [2.24, 2.45) is 0 Å². The molecule has 0 radical (unpaired) electrons. The first-order valence-corrected chi connectivity index (χ1v) is 9.26. The van der Waals surface area contributed by atoms with Crippen LogP contribution in [-0.4, -0.2) is 59.0 Å². The number of hydrogen-bond donors (Lipinski definition) is 1. The Bertz CT molecular complexity index is 845. The molecule has 0 aliphatic carbocycles. The van der Waals surface area contributed by atoms with E-state index in [-0.39, 0.29) is 11.9 Å². The maximum absolute atomic E-state index is 12.5. The van der Waals surface area contributed by atoms with Gasteiger partial charge in [-0.05, 0) is 37.5 Å². The summed E-state index contributed by atoms with van der Waals surface area (Å²) in [5.41, 5.74) is 2.05. The highest BCUT2D eigenvalue weighted by molar-refractivity contribution is 5.82. The minimum atomic E-state index is -0.232. The van der Waals surface area contributed by atoms with Crippen molar-refractivity contribution < 1.29 is 4.79 Å². The van der Waals surface area contributed by atoms with E-state index in [2.05, 4.69) is 45.5 Å². The lowest BCUT2D eigenvalue weighted by molar-refractivity contribution is -0.132. The van der Waals surface area contributed by atoms with Gasteiger partial charge in [-0.1, -0.05) is 12.1 Å². The van der Waals surface area contributed by atoms with Gasteiger partial charge in [0.05, 0.1) is 18.1 Å². The molecule has 2 aliphatic heterocycles. The number of benzene rings is 1. The van der Waals surface area contributed by atoms with E-state index < -0.39 is 0 Å². The number of carbonyl (C=O) groups is 1. The molecule has 0 spiro atoms. The van der Waals surface area contributed by atoms with E-state index in [4.69, 9.17) is 5.26 Å². The molecule has 6 heteroatoms. The average Bonchev–Trinajstić information content (AvgIpc) is 3.30. The fourth-order valence-electron chi connectivity index (χ4n) is 3.97. The Balaban J connectivity index is 1.33. The van der Waals surface area contributed by atoms with Crippen LogP contribution in [0.2, 0.25) is 0 Å². The average molecular weight is 349 g/mol. The van der Waals surface area contributed by atoms with Crippen LogP contribution >= 0.6 is 0 Å². The Kier molecular flexibility index (Phi) is 4.72. The van der Waals surface area contributed by atoms with Crippen molar-refractivity contribution in [2.45, 2.75) is 31.3 Å². The van der Waals surface area contributed by atoms with Crippen LogP contribution in [-0.2, 0) is 4.79 Å². The zero-order chi connectivity index (χ0) is 17.9. The molecule has 1 N–H and O–H groups in total. The van der Waals surface area contributed by atoms with Gasteiger partial charge < -0.3 is 10.2 Å². The van der Waals surface area contributed by atoms with Gasteiger partial charge in [0.2, 0.25) is 5.91 Å². The normalized spacial score (nSPS) is 23.3. The Morgan fingerprint density at radius 1 is 1.31 bits per heavy atom. The van der Waals surface area contributed by atoms with Gasteiger partial charge in [0.25, 0.3) is 0 Å². The molecule has 2 aromatic rings. The van der Waals surface area contributed by atoms with Crippen LogP contribution in [0.5, 0.6) is 0 Å². The number of nitriles is 1. The molecular formula is C20H23N5O. The largest absolute Gasteiger partial charge is 0.381 e. The number of fused-ring (bicyclic) bond motifs is 1. The summed E-state index contributed by atoms with van der Waals surface area (Å²) in [5, 5.41) is 13.9. The van der Waals surface area contributed by atoms with Crippen molar-refractivity contribution in [1.29, 1.82) is 5.26 Å². The van der Waals surface area contributed by atoms with Crippen LogP contribution in [0.3, 0.4) is 0 Å². The Hall–Kier alpha value is -2.65. The summed E-state index contributed by atoms with van der Waals surface area (Å²) in [4.78, 5) is 20.8. The second kappa shape index (κ2) is 7.30. The molecule has 2 fully saturated rings. The summed E-state index contributed by atoms with van der Waals surface area (Å²) in [6, 6.07) is 12.6. The maximum atomic E-state index is 12.5. The predicted octanol–water partition coefficient (Wildman–Crippen LogP) is 2.24. The maximum Gasteiger partial charge on any atom is 0.237 e. The Labute approximate surface area is 153 Å². The van der Waals surface area contributed by atoms with Crippen molar-refractivity contribution in [1.82, 2.24) is 14.8 Å². The fourth-order valence-corrected chi connectivity index (χ4v) is 3.97. The number of amides is 1. The van der Waals surface area contributed by atoms with Crippen molar-refractivity contribution in [3.63, 3.8) is 0 Å². The number of aromatic nitrogens is 1. The first kappa shape index (κ1) is 16.8. The minimum Gasteiger partial charge on any atom is -0.381 e. The second-order valence-electron chi connectivity index (χ2n) is 7.15. The molecule has 1 aromatic heterocycles. The smallest absolute Gasteiger partial charge is 0.237 e. The van der Waals surface area contributed by atoms with E-state index in [1.807, 2.05) is 12.3 Å². The summed E-state index contributed by atoms with van der Waals surface area (Å²) >= 11 is 0. The van der Waals surface area contributed by atoms with Gasteiger partial charge in [0, 0.05) is 42.9 Å². The van der Waals surface area contributed by atoms with Crippen LogP contribution in [0.1, 0.15) is 19.3 Å². The van der Waals surface area contributed by atoms with Gasteiger partial charge in [0.15, 0.2) is 0 Å². The van der Waals surface area contributed by atoms with Crippen molar-refractivity contribution in [3.05, 3.63) is 36.5 Å². The number of carbonyl (C=O) groups excluding carboxylic acids is 1. The summed E-state index contributed by atoms with van der Waals surface area (Å²) in [6.45, 7) is 2.88. The number of pyridine rings is 1. The van der Waals surface area contributed by atoms with E-state index in [1.165, 1.54) is 0 Å². The fraction of sp³-hybridized carbons (Fsp3) is 0.450. The lowest BCUT2D eigenvalue weighted by Crippen LogP contribution is -2.42. The van der Waals surface area contributed by atoms with E-state index >= 15 is 0 Å². The molecule has 1 amide bonds. The van der Waals surface area contributed by atoms with Crippen LogP contribution in [0.4, 0.5) is 5.69 Å². The zero-order valence-electron chi connectivity index (χ0n) is 14.8. The van der Waals surface area contributed by atoms with Crippen LogP contribution < -0.4 is 5.32 Å². The van der Waals surface area contributed by atoms with Crippen molar-refractivity contribution in [2.75, 3.05) is 31.5 Å². The summed E-state index contributed by atoms with van der Waals surface area (Å²) in [7, 11) is 0. The van der Waals surface area contributed by atoms with Crippen molar-refractivity contribution in [3.8, 4) is 6.07 Å². The van der Waals surface area contributed by atoms with Gasteiger partial charge in [0.1, 0.15) is 6.04 Å². The monoisotopic (exact) mass is 349 g/mol. The van der Waals surface area contributed by atoms with Crippen LogP contribution in [0, 0.1) is 11.3 Å². The Morgan fingerprint density at radius 2 is 2.23 bits per heavy atom. The highest BCUT2D eigenvalue weighted by Gasteiger charge is 2.31. The molecule has 0 bridgehead atoms. The molecular weight excluding hydrogens is 326 g/mol. The molecule has 134 valence electrons. The lowest BCUT2D eigenvalue weighted by Gasteiger charge is -2.23. The van der Waals surface area contributed by atoms with Crippen LogP contribution in [0.15, 0.2) is 36.5 Å². The van der Waals surface area contributed by atoms with Crippen molar-refractivity contribution >= 4 is 22.5 Å². The summed E-state index contributed by atoms with van der Waals surface area (Å²) < 4.78 is 0. The van der Waals surface area contributed by atoms with Crippen LogP contribution in [0.25, 0.3) is 10.9 Å². The van der Waals surface area contributed by atoms with E-state index in [1.54, 1.807) is 4.90 Å². The molecule has 6 nitrogen and oxygen atoms in total. The first-order valence-electron chi connectivity index (χ1n) is 9.26. The number of nitrogens with zero attached hydrogens (tertiary/aromatic N) is 4. The number of likely N-dealkylation sites (tertiary alicyclic amines) is 2. The molecule has 0 unspecified atom stereocenters. The van der Waals surface area contributed by atoms with E-state index in [0.717, 1.165) is 55.5 Å². The van der Waals surface area contributed by atoms with E-state index in [0.29, 0.717) is 12.6 Å². The van der Waals surface area contributed by atoms with Gasteiger partial charge in [-0.25, -0.2) is 0 Å². The van der Waals surface area contributed by atoms with Gasteiger partial charge >= 0.3 is 0 Å². The quantitative estimate of drug-likeness (QED) is 0.916. The molecule has 2 atom stereocenters. The van der Waals surface area contributed by atoms with Gasteiger partial charge in [-0.2, -0.15) is 5.26 Å². The second-order valence-corrected chi connectivity index (χ2v) is 7.15. The third kappa shape index (κ3) is 3.49. The topological polar surface area (TPSA) is 72.3 Å². The first-order chi connectivity index (χ1) is 12.7. The SMILES string of the molecule is N#C[C@@H]1CCCN1C(=O)CN1CC[C@@H](Nc2ccc3cccnc3c2)C1. The van der Waals surface area contributed by atoms with Gasteiger partial charge in [-0.15, -0.1) is 0 Å². The molecule has 1 aromatic carbocycles. The predicted molar refractivity (Wildman–Crippen MR) is 101 cm³/mol.